The molecule has 1 heterocycles. The Morgan fingerprint density at radius 1 is 1.14 bits per heavy atom. The molecule has 0 bridgehead atoms. The number of rotatable bonds is 2. The molecule has 1 saturated heterocycles. The quantitative estimate of drug-likeness (QED) is 0.654. The van der Waals surface area contributed by atoms with E-state index in [9.17, 15) is 0 Å². The average molecular weight is 195 g/mol. The van der Waals surface area contributed by atoms with E-state index in [4.69, 9.17) is 0 Å². The molecule has 0 aromatic rings. The van der Waals surface area contributed by atoms with Gasteiger partial charge in [-0.2, -0.15) is 0 Å². The number of piperidine rings is 1. The van der Waals surface area contributed by atoms with Crippen LogP contribution in [0.15, 0.2) is 0 Å². The van der Waals surface area contributed by atoms with Crippen molar-refractivity contribution in [2.24, 2.45) is 23.2 Å². The summed E-state index contributed by atoms with van der Waals surface area (Å²) in [6.07, 6.45) is 0. The van der Waals surface area contributed by atoms with Crippen LogP contribution in [0.25, 0.3) is 0 Å². The van der Waals surface area contributed by atoms with E-state index in [1.807, 2.05) is 0 Å². The molecule has 2 fully saturated rings. The lowest BCUT2D eigenvalue weighted by Crippen LogP contribution is -2.43. The highest BCUT2D eigenvalue weighted by Crippen LogP contribution is 2.66. The van der Waals surface area contributed by atoms with Crippen molar-refractivity contribution in [3.8, 4) is 0 Å². The second kappa shape index (κ2) is 2.98. The molecule has 2 aliphatic rings. The molecule has 2 rings (SSSR count). The molecule has 1 heteroatoms. The van der Waals surface area contributed by atoms with Crippen molar-refractivity contribution in [2.75, 3.05) is 6.54 Å². The summed E-state index contributed by atoms with van der Waals surface area (Å²) in [6, 6.07) is 1.57. The van der Waals surface area contributed by atoms with Crippen LogP contribution in [-0.2, 0) is 0 Å². The maximum Gasteiger partial charge on any atom is 0.0158 e. The summed E-state index contributed by atoms with van der Waals surface area (Å²) in [4.78, 5) is 2.73. The summed E-state index contributed by atoms with van der Waals surface area (Å²) >= 11 is 0. The van der Waals surface area contributed by atoms with Gasteiger partial charge in [0, 0.05) is 18.6 Å². The topological polar surface area (TPSA) is 3.24 Å². The van der Waals surface area contributed by atoms with Crippen molar-refractivity contribution in [2.45, 2.75) is 53.6 Å². The molecule has 0 aromatic heterocycles. The third-order valence-corrected chi connectivity index (χ3v) is 4.64. The lowest BCUT2D eigenvalue weighted by Gasteiger charge is -2.36. The van der Waals surface area contributed by atoms with E-state index in [1.165, 1.54) is 6.54 Å². The summed E-state index contributed by atoms with van der Waals surface area (Å²) < 4.78 is 0. The summed E-state index contributed by atoms with van der Waals surface area (Å²) in [5, 5.41) is 0. The largest absolute Gasteiger partial charge is 0.297 e. The first-order valence-electron chi connectivity index (χ1n) is 6.13. The van der Waals surface area contributed by atoms with Gasteiger partial charge in [-0.15, -0.1) is 0 Å². The highest BCUT2D eigenvalue weighted by atomic mass is 15.2. The normalized spacial score (nSPS) is 40.7. The SMILES string of the molecule is CC(C)[C@@H]1[C@@H]2[C@H](CN1C(C)C)C2(C)C. The van der Waals surface area contributed by atoms with Gasteiger partial charge in [0.05, 0.1) is 0 Å². The monoisotopic (exact) mass is 195 g/mol. The Morgan fingerprint density at radius 2 is 1.71 bits per heavy atom. The Bertz CT molecular complexity index is 227. The molecule has 0 aromatic carbocycles. The van der Waals surface area contributed by atoms with Gasteiger partial charge in [0.15, 0.2) is 0 Å². The van der Waals surface area contributed by atoms with Crippen LogP contribution in [0, 0.1) is 23.2 Å². The second-order valence-electron chi connectivity index (χ2n) is 6.48. The van der Waals surface area contributed by atoms with Crippen LogP contribution in [0.4, 0.5) is 0 Å². The maximum atomic E-state index is 2.73. The van der Waals surface area contributed by atoms with E-state index in [-0.39, 0.29) is 0 Å². The Balaban J connectivity index is 2.15. The molecule has 0 spiro atoms. The minimum atomic E-state index is 0.639. The van der Waals surface area contributed by atoms with Crippen molar-refractivity contribution in [3.05, 3.63) is 0 Å². The molecule has 0 amide bonds. The van der Waals surface area contributed by atoms with Gasteiger partial charge in [-0.1, -0.05) is 27.7 Å². The van der Waals surface area contributed by atoms with Crippen molar-refractivity contribution < 1.29 is 0 Å². The Hall–Kier alpha value is -0.0400. The fourth-order valence-corrected chi connectivity index (χ4v) is 3.72. The van der Waals surface area contributed by atoms with Crippen LogP contribution in [0.2, 0.25) is 0 Å². The van der Waals surface area contributed by atoms with E-state index in [1.54, 1.807) is 0 Å². The molecule has 82 valence electrons. The van der Waals surface area contributed by atoms with Gasteiger partial charge in [0.2, 0.25) is 0 Å². The highest BCUT2D eigenvalue weighted by Gasteiger charge is 2.66. The number of likely N-dealkylation sites (tertiary alicyclic amines) is 1. The molecular weight excluding hydrogens is 170 g/mol. The van der Waals surface area contributed by atoms with Crippen LogP contribution in [0.1, 0.15) is 41.5 Å². The number of hydrogen-bond acceptors (Lipinski definition) is 1. The van der Waals surface area contributed by atoms with E-state index >= 15 is 0 Å². The summed E-state index contributed by atoms with van der Waals surface area (Å²) in [7, 11) is 0. The van der Waals surface area contributed by atoms with E-state index in [0.29, 0.717) is 5.41 Å². The molecule has 1 aliphatic carbocycles. The van der Waals surface area contributed by atoms with Gasteiger partial charge in [-0.3, -0.25) is 4.90 Å². The molecule has 1 nitrogen and oxygen atoms in total. The Labute approximate surface area is 88.9 Å². The van der Waals surface area contributed by atoms with Crippen LogP contribution >= 0.6 is 0 Å². The van der Waals surface area contributed by atoms with Gasteiger partial charge < -0.3 is 0 Å². The highest BCUT2D eigenvalue weighted by molar-refractivity contribution is 5.17. The standard InChI is InChI=1S/C13H25N/c1-8(2)12-11-10(13(11,5)6)7-14(12)9(3)4/h8-12H,7H2,1-6H3/t10-,11-,12+/m0/s1. The second-order valence-corrected chi connectivity index (χ2v) is 6.48. The lowest BCUT2D eigenvalue weighted by molar-refractivity contribution is 0.111. The van der Waals surface area contributed by atoms with E-state index in [0.717, 1.165) is 29.8 Å². The average Bonchev–Trinajstić information content (AvgIpc) is 2.47. The first-order chi connectivity index (χ1) is 6.37. The molecular formula is C13H25N. The van der Waals surface area contributed by atoms with Crippen molar-refractivity contribution in [1.82, 2.24) is 4.90 Å². The van der Waals surface area contributed by atoms with Gasteiger partial charge >= 0.3 is 0 Å². The van der Waals surface area contributed by atoms with E-state index < -0.39 is 0 Å². The zero-order valence-corrected chi connectivity index (χ0v) is 10.5. The number of hydrogen-bond donors (Lipinski definition) is 0. The summed E-state index contributed by atoms with van der Waals surface area (Å²) in [6.45, 7) is 15.7. The molecule has 1 aliphatic heterocycles. The molecule has 1 saturated carbocycles. The van der Waals surface area contributed by atoms with Crippen LogP contribution in [-0.4, -0.2) is 23.5 Å². The molecule has 0 unspecified atom stereocenters. The number of fused-ring (bicyclic) bond motifs is 1. The maximum absolute atomic E-state index is 2.73. The predicted molar refractivity (Wildman–Crippen MR) is 61.2 cm³/mol. The molecule has 3 atom stereocenters. The Morgan fingerprint density at radius 3 is 2.14 bits per heavy atom. The van der Waals surface area contributed by atoms with E-state index in [2.05, 4.69) is 46.4 Å². The first-order valence-corrected chi connectivity index (χ1v) is 6.13. The van der Waals surface area contributed by atoms with Gasteiger partial charge in [-0.05, 0) is 37.0 Å². The molecule has 0 N–H and O–H groups in total. The fourth-order valence-electron chi connectivity index (χ4n) is 3.72. The van der Waals surface area contributed by atoms with Crippen molar-refractivity contribution in [3.63, 3.8) is 0 Å². The molecule has 0 radical (unpaired) electrons. The van der Waals surface area contributed by atoms with Crippen molar-refractivity contribution in [1.29, 1.82) is 0 Å². The van der Waals surface area contributed by atoms with Gasteiger partial charge in [0.1, 0.15) is 0 Å². The first kappa shape index (κ1) is 10.5. The minimum Gasteiger partial charge on any atom is -0.297 e. The van der Waals surface area contributed by atoms with Gasteiger partial charge in [-0.25, -0.2) is 0 Å². The zero-order valence-electron chi connectivity index (χ0n) is 10.5. The zero-order chi connectivity index (χ0) is 10.7. The lowest BCUT2D eigenvalue weighted by atomic mass is 9.92. The third kappa shape index (κ3) is 1.25. The smallest absolute Gasteiger partial charge is 0.0158 e. The van der Waals surface area contributed by atoms with Crippen LogP contribution in [0.5, 0.6) is 0 Å². The summed E-state index contributed by atoms with van der Waals surface area (Å²) in [5.41, 5.74) is 0.639. The van der Waals surface area contributed by atoms with Gasteiger partial charge in [0.25, 0.3) is 0 Å². The third-order valence-electron chi connectivity index (χ3n) is 4.64. The minimum absolute atomic E-state index is 0.639. The Kier molecular flexibility index (Phi) is 2.23. The van der Waals surface area contributed by atoms with Crippen LogP contribution in [0.3, 0.4) is 0 Å². The summed E-state index contributed by atoms with van der Waals surface area (Å²) in [5.74, 6) is 2.77. The predicted octanol–water partition coefficient (Wildman–Crippen LogP) is 3.01. The van der Waals surface area contributed by atoms with Crippen molar-refractivity contribution >= 4 is 0 Å². The van der Waals surface area contributed by atoms with Crippen LogP contribution < -0.4 is 0 Å². The number of nitrogens with zero attached hydrogens (tertiary/aromatic N) is 1. The molecule has 14 heavy (non-hydrogen) atoms. The fraction of sp³-hybridized carbons (Fsp3) is 1.00.